The lowest BCUT2D eigenvalue weighted by Crippen LogP contribution is -1.99. The molecule has 0 atom stereocenters. The van der Waals surface area contributed by atoms with Crippen LogP contribution in [0.25, 0.3) is 0 Å². The Morgan fingerprint density at radius 3 is 2.71 bits per heavy atom. The first-order valence-corrected chi connectivity index (χ1v) is 5.25. The molecule has 0 saturated heterocycles. The molecule has 2 rings (SSSR count). The molecule has 0 amide bonds. The molecule has 1 aromatic heterocycles. The summed E-state index contributed by atoms with van der Waals surface area (Å²) in [5.74, 6) is 1.52. The summed E-state index contributed by atoms with van der Waals surface area (Å²) < 4.78 is 10.7. The highest BCUT2D eigenvalue weighted by Crippen LogP contribution is 2.19. The molecule has 0 aliphatic rings. The molecule has 1 aromatic carbocycles. The predicted molar refractivity (Wildman–Crippen MR) is 66.0 cm³/mol. The summed E-state index contributed by atoms with van der Waals surface area (Å²) in [6.07, 6.45) is 1.62. The van der Waals surface area contributed by atoms with E-state index >= 15 is 0 Å². The molecule has 0 aliphatic carbocycles. The molecule has 0 aliphatic heterocycles. The third-order valence-electron chi connectivity index (χ3n) is 2.28. The van der Waals surface area contributed by atoms with E-state index in [9.17, 15) is 0 Å². The monoisotopic (exact) mass is 230 g/mol. The molecule has 0 bridgehead atoms. The highest BCUT2D eigenvalue weighted by Gasteiger charge is 1.98. The summed E-state index contributed by atoms with van der Waals surface area (Å²) >= 11 is 0. The fourth-order valence-electron chi connectivity index (χ4n) is 1.37. The lowest BCUT2D eigenvalue weighted by Gasteiger charge is -2.07. The molecule has 17 heavy (non-hydrogen) atoms. The molecule has 0 radical (unpaired) electrons. The Labute approximate surface area is 100 Å². The normalized spacial score (nSPS) is 9.94. The fourth-order valence-corrected chi connectivity index (χ4v) is 1.37. The van der Waals surface area contributed by atoms with Gasteiger partial charge in [0.15, 0.2) is 0 Å². The highest BCUT2D eigenvalue weighted by atomic mass is 16.5. The second kappa shape index (κ2) is 5.21. The number of methoxy groups -OCH3 is 1. The predicted octanol–water partition coefficient (Wildman–Crippen LogP) is 2.25. The van der Waals surface area contributed by atoms with Gasteiger partial charge in [0, 0.05) is 6.07 Å². The Hall–Kier alpha value is -2.23. The molecule has 0 fully saturated rings. The van der Waals surface area contributed by atoms with Gasteiger partial charge in [-0.2, -0.15) is 0 Å². The van der Waals surface area contributed by atoms with Crippen molar-refractivity contribution in [1.82, 2.24) is 4.98 Å². The first kappa shape index (κ1) is 11.3. The summed E-state index contributed by atoms with van der Waals surface area (Å²) in [4.78, 5) is 4.15. The Morgan fingerprint density at radius 2 is 2.00 bits per heavy atom. The number of pyridine rings is 1. The maximum Gasteiger partial charge on any atom is 0.130 e. The van der Waals surface area contributed by atoms with Gasteiger partial charge in [-0.3, -0.25) is 4.98 Å². The number of ether oxygens (including phenoxy) is 2. The molecule has 2 aromatic rings. The number of nitrogens with two attached hydrogens (primary N) is 1. The van der Waals surface area contributed by atoms with Gasteiger partial charge < -0.3 is 15.2 Å². The highest BCUT2D eigenvalue weighted by molar-refractivity contribution is 5.35. The van der Waals surface area contributed by atoms with Crippen LogP contribution in [-0.4, -0.2) is 12.1 Å². The Morgan fingerprint density at radius 1 is 1.18 bits per heavy atom. The molecular weight excluding hydrogens is 216 g/mol. The van der Waals surface area contributed by atoms with Gasteiger partial charge >= 0.3 is 0 Å². The summed E-state index contributed by atoms with van der Waals surface area (Å²) in [5, 5.41) is 0. The van der Waals surface area contributed by atoms with Crippen LogP contribution in [0.4, 0.5) is 5.69 Å². The average Bonchev–Trinajstić information content (AvgIpc) is 2.38. The molecule has 2 N–H and O–H groups in total. The Bertz CT molecular complexity index is 483. The lowest BCUT2D eigenvalue weighted by atomic mass is 10.3. The third-order valence-corrected chi connectivity index (χ3v) is 2.28. The fraction of sp³-hybridized carbons (Fsp3) is 0.154. The van der Waals surface area contributed by atoms with Crippen molar-refractivity contribution in [1.29, 1.82) is 0 Å². The second-order valence-corrected chi connectivity index (χ2v) is 3.55. The second-order valence-electron chi connectivity index (χ2n) is 3.55. The Balaban J connectivity index is 1.99. The minimum absolute atomic E-state index is 0.410. The SMILES string of the molecule is COc1cccc(OCc2ccc(N)cn2)c1. The minimum Gasteiger partial charge on any atom is -0.497 e. The first-order valence-electron chi connectivity index (χ1n) is 5.25. The number of nitrogens with zero attached hydrogens (tertiary/aromatic N) is 1. The number of anilines is 1. The van der Waals surface area contributed by atoms with E-state index in [-0.39, 0.29) is 0 Å². The van der Waals surface area contributed by atoms with Crippen LogP contribution >= 0.6 is 0 Å². The van der Waals surface area contributed by atoms with Gasteiger partial charge in [-0.1, -0.05) is 6.07 Å². The van der Waals surface area contributed by atoms with Gasteiger partial charge in [0.2, 0.25) is 0 Å². The van der Waals surface area contributed by atoms with Gasteiger partial charge in [-0.05, 0) is 24.3 Å². The maximum atomic E-state index is 5.59. The quantitative estimate of drug-likeness (QED) is 0.875. The van der Waals surface area contributed by atoms with E-state index in [1.807, 2.05) is 30.3 Å². The topological polar surface area (TPSA) is 57.4 Å². The van der Waals surface area contributed by atoms with Gasteiger partial charge in [-0.15, -0.1) is 0 Å². The zero-order valence-electron chi connectivity index (χ0n) is 9.59. The number of hydrogen-bond acceptors (Lipinski definition) is 4. The minimum atomic E-state index is 0.410. The van der Waals surface area contributed by atoms with Crippen molar-refractivity contribution in [2.45, 2.75) is 6.61 Å². The van der Waals surface area contributed by atoms with Crippen LogP contribution in [0.2, 0.25) is 0 Å². The van der Waals surface area contributed by atoms with E-state index in [0.29, 0.717) is 12.3 Å². The molecular formula is C13H14N2O2. The first-order chi connectivity index (χ1) is 8.28. The van der Waals surface area contributed by atoms with E-state index in [2.05, 4.69) is 4.98 Å². The Kier molecular flexibility index (Phi) is 3.45. The van der Waals surface area contributed by atoms with Crippen molar-refractivity contribution in [3.8, 4) is 11.5 Å². The van der Waals surface area contributed by atoms with Crippen molar-refractivity contribution < 1.29 is 9.47 Å². The number of aromatic nitrogens is 1. The van der Waals surface area contributed by atoms with Gasteiger partial charge in [0.05, 0.1) is 24.7 Å². The third kappa shape index (κ3) is 3.11. The van der Waals surface area contributed by atoms with Crippen LogP contribution in [0.3, 0.4) is 0 Å². The van der Waals surface area contributed by atoms with Gasteiger partial charge in [0.1, 0.15) is 18.1 Å². The van der Waals surface area contributed by atoms with Crippen LogP contribution in [0.15, 0.2) is 42.6 Å². The molecule has 0 unspecified atom stereocenters. The molecule has 1 heterocycles. The van der Waals surface area contributed by atoms with Crippen molar-refractivity contribution in [2.75, 3.05) is 12.8 Å². The number of hydrogen-bond donors (Lipinski definition) is 1. The van der Waals surface area contributed by atoms with E-state index in [0.717, 1.165) is 17.2 Å². The van der Waals surface area contributed by atoms with Crippen molar-refractivity contribution >= 4 is 5.69 Å². The van der Waals surface area contributed by atoms with Crippen LogP contribution in [0.1, 0.15) is 5.69 Å². The van der Waals surface area contributed by atoms with Crippen molar-refractivity contribution in [3.05, 3.63) is 48.3 Å². The molecule has 0 spiro atoms. The van der Waals surface area contributed by atoms with E-state index in [4.69, 9.17) is 15.2 Å². The zero-order valence-corrected chi connectivity index (χ0v) is 9.59. The van der Waals surface area contributed by atoms with Crippen LogP contribution in [0.5, 0.6) is 11.5 Å². The van der Waals surface area contributed by atoms with Crippen LogP contribution in [-0.2, 0) is 6.61 Å². The maximum absolute atomic E-state index is 5.59. The summed E-state index contributed by atoms with van der Waals surface area (Å²) in [5.41, 5.74) is 7.04. The van der Waals surface area contributed by atoms with Crippen molar-refractivity contribution in [3.63, 3.8) is 0 Å². The van der Waals surface area contributed by atoms with E-state index < -0.39 is 0 Å². The lowest BCUT2D eigenvalue weighted by molar-refractivity contribution is 0.299. The smallest absolute Gasteiger partial charge is 0.130 e. The van der Waals surface area contributed by atoms with E-state index in [1.54, 1.807) is 19.4 Å². The summed E-state index contributed by atoms with van der Waals surface area (Å²) in [7, 11) is 1.63. The standard InChI is InChI=1S/C13H14N2O2/c1-16-12-3-2-4-13(7-12)17-9-11-6-5-10(14)8-15-11/h2-8H,9,14H2,1H3. The van der Waals surface area contributed by atoms with Gasteiger partial charge in [-0.25, -0.2) is 0 Å². The number of rotatable bonds is 4. The summed E-state index contributed by atoms with van der Waals surface area (Å²) in [6.45, 7) is 0.410. The number of benzene rings is 1. The molecule has 4 heteroatoms. The largest absolute Gasteiger partial charge is 0.497 e. The van der Waals surface area contributed by atoms with Crippen molar-refractivity contribution in [2.24, 2.45) is 0 Å². The van der Waals surface area contributed by atoms with Gasteiger partial charge in [0.25, 0.3) is 0 Å². The average molecular weight is 230 g/mol. The number of nitrogen functional groups attached to an aromatic ring is 1. The van der Waals surface area contributed by atoms with Crippen LogP contribution in [0, 0.1) is 0 Å². The molecule has 0 saturated carbocycles. The molecule has 88 valence electrons. The van der Waals surface area contributed by atoms with Crippen LogP contribution < -0.4 is 15.2 Å². The zero-order chi connectivity index (χ0) is 12.1. The summed E-state index contributed by atoms with van der Waals surface area (Å²) in [6, 6.07) is 11.1. The van der Waals surface area contributed by atoms with E-state index in [1.165, 1.54) is 0 Å². The molecule has 4 nitrogen and oxygen atoms in total.